The predicted molar refractivity (Wildman–Crippen MR) is 108 cm³/mol. The topological polar surface area (TPSA) is 83.7 Å². The van der Waals surface area contributed by atoms with Crippen LogP contribution in [0.4, 0.5) is 5.69 Å². The maximum atomic E-state index is 13.4. The molecule has 0 aliphatic carbocycles. The number of rotatable bonds is 4. The Bertz CT molecular complexity index is 951. The molecule has 1 aliphatic heterocycles. The van der Waals surface area contributed by atoms with Crippen LogP contribution in [0.2, 0.25) is 0 Å². The van der Waals surface area contributed by atoms with E-state index in [1.165, 1.54) is 18.0 Å². The number of carbonyl (C=O) groups excluding carboxylic acids is 3. The van der Waals surface area contributed by atoms with Gasteiger partial charge in [0.2, 0.25) is 0 Å². The number of nitrogens with zero attached hydrogens (tertiary/aromatic N) is 2. The van der Waals surface area contributed by atoms with Crippen LogP contribution in [0.3, 0.4) is 0 Å². The molecule has 3 rings (SSSR count). The van der Waals surface area contributed by atoms with Gasteiger partial charge in [-0.15, -0.1) is 0 Å². The Morgan fingerprint density at radius 2 is 1.46 bits per heavy atom. The molecule has 6 nitrogen and oxygen atoms in total. The lowest BCUT2D eigenvalue weighted by Gasteiger charge is -2.25. The number of carbonyl (C=O) groups is 3. The van der Waals surface area contributed by atoms with Gasteiger partial charge in [0.05, 0.1) is 22.4 Å². The fourth-order valence-corrected chi connectivity index (χ4v) is 3.63. The Morgan fingerprint density at radius 3 is 1.96 bits per heavy atom. The number of hydrazine groups is 1. The Balaban J connectivity index is 2.25. The highest BCUT2D eigenvalue weighted by Crippen LogP contribution is 2.40. The van der Waals surface area contributed by atoms with Crippen molar-refractivity contribution in [2.24, 2.45) is 5.84 Å². The van der Waals surface area contributed by atoms with Crippen molar-refractivity contribution < 1.29 is 14.4 Å². The van der Waals surface area contributed by atoms with Crippen molar-refractivity contribution in [1.29, 1.82) is 0 Å². The summed E-state index contributed by atoms with van der Waals surface area (Å²) in [5.74, 6) is 4.42. The molecule has 0 unspecified atom stereocenters. The van der Waals surface area contributed by atoms with E-state index in [0.29, 0.717) is 5.69 Å². The highest BCUT2D eigenvalue weighted by molar-refractivity contribution is 6.36. The first kappa shape index (κ1) is 19.8. The largest absolute Gasteiger partial charge is 0.280 e. The minimum atomic E-state index is -0.513. The van der Waals surface area contributed by atoms with Crippen LogP contribution in [0, 0.1) is 0 Å². The standard InChI is InChI=1S/C22H25N3O3/c1-12(2)14-8-6-9-15(13(3)4)19(14)25-21(27)17-11-7-10-16(18(17)22(25)28)20(26)24(5)23/h6-13H,23H2,1-5H3. The summed E-state index contributed by atoms with van der Waals surface area (Å²) in [7, 11) is 1.41. The molecule has 2 aromatic rings. The number of nitrogens with two attached hydrogens (primary N) is 1. The second-order valence-corrected chi connectivity index (χ2v) is 7.68. The molecule has 3 amide bonds. The predicted octanol–water partition coefficient (Wildman–Crippen LogP) is 3.68. The Hall–Kier alpha value is -2.99. The van der Waals surface area contributed by atoms with Crippen molar-refractivity contribution in [2.75, 3.05) is 11.9 Å². The third-order valence-corrected chi connectivity index (χ3v) is 5.03. The minimum Gasteiger partial charge on any atom is -0.280 e. The van der Waals surface area contributed by atoms with Crippen LogP contribution in [0.5, 0.6) is 0 Å². The molecular weight excluding hydrogens is 354 g/mol. The second kappa shape index (κ2) is 7.20. The van der Waals surface area contributed by atoms with Gasteiger partial charge < -0.3 is 0 Å². The molecule has 2 N–H and O–H groups in total. The summed E-state index contributed by atoms with van der Waals surface area (Å²) >= 11 is 0. The van der Waals surface area contributed by atoms with Crippen molar-refractivity contribution in [1.82, 2.24) is 5.01 Å². The van der Waals surface area contributed by atoms with Gasteiger partial charge in [-0.05, 0) is 35.1 Å². The summed E-state index contributed by atoms with van der Waals surface area (Å²) < 4.78 is 0. The van der Waals surface area contributed by atoms with Crippen LogP contribution in [-0.4, -0.2) is 29.8 Å². The molecule has 0 atom stereocenters. The van der Waals surface area contributed by atoms with Gasteiger partial charge >= 0.3 is 0 Å². The summed E-state index contributed by atoms with van der Waals surface area (Å²) in [5, 5.41) is 0.914. The first-order valence-corrected chi connectivity index (χ1v) is 9.34. The van der Waals surface area contributed by atoms with Gasteiger partial charge in [-0.25, -0.2) is 10.7 Å². The molecule has 28 heavy (non-hydrogen) atoms. The van der Waals surface area contributed by atoms with E-state index in [9.17, 15) is 14.4 Å². The molecule has 0 bridgehead atoms. The maximum absolute atomic E-state index is 13.4. The molecule has 0 aromatic heterocycles. The second-order valence-electron chi connectivity index (χ2n) is 7.68. The van der Waals surface area contributed by atoms with Crippen molar-refractivity contribution in [3.05, 3.63) is 64.2 Å². The normalized spacial score (nSPS) is 13.5. The molecular formula is C22H25N3O3. The Morgan fingerprint density at radius 1 is 0.929 bits per heavy atom. The molecule has 0 fully saturated rings. The zero-order chi connectivity index (χ0) is 20.7. The molecule has 0 spiro atoms. The lowest BCUT2D eigenvalue weighted by Crippen LogP contribution is -2.35. The van der Waals surface area contributed by atoms with Crippen LogP contribution >= 0.6 is 0 Å². The fourth-order valence-electron chi connectivity index (χ4n) is 3.63. The van der Waals surface area contributed by atoms with E-state index in [1.807, 2.05) is 45.9 Å². The zero-order valence-corrected chi connectivity index (χ0v) is 16.8. The fraction of sp³-hybridized carbons (Fsp3) is 0.318. The quantitative estimate of drug-likeness (QED) is 0.380. The molecule has 0 saturated heterocycles. The van der Waals surface area contributed by atoms with E-state index in [1.54, 1.807) is 12.1 Å². The molecule has 146 valence electrons. The average Bonchev–Trinajstić information content (AvgIpc) is 2.90. The van der Waals surface area contributed by atoms with Gasteiger partial charge in [-0.1, -0.05) is 52.0 Å². The first-order chi connectivity index (χ1) is 13.2. The number of imide groups is 1. The molecule has 6 heteroatoms. The number of para-hydroxylation sites is 1. The zero-order valence-electron chi connectivity index (χ0n) is 16.8. The molecule has 0 radical (unpaired) electrons. The number of benzene rings is 2. The van der Waals surface area contributed by atoms with Crippen molar-refractivity contribution in [3.63, 3.8) is 0 Å². The van der Waals surface area contributed by atoms with E-state index in [2.05, 4.69) is 0 Å². The average molecular weight is 379 g/mol. The van der Waals surface area contributed by atoms with E-state index in [-0.39, 0.29) is 28.5 Å². The molecule has 0 saturated carbocycles. The Kier molecular flexibility index (Phi) is 5.08. The van der Waals surface area contributed by atoms with Crippen LogP contribution in [-0.2, 0) is 0 Å². The summed E-state index contributed by atoms with van der Waals surface area (Å²) in [6, 6.07) is 10.5. The summed E-state index contributed by atoms with van der Waals surface area (Å²) in [6.45, 7) is 8.11. The van der Waals surface area contributed by atoms with Gasteiger partial charge in [0.1, 0.15) is 0 Å². The van der Waals surface area contributed by atoms with E-state index < -0.39 is 17.7 Å². The van der Waals surface area contributed by atoms with E-state index in [4.69, 9.17) is 5.84 Å². The molecule has 1 aliphatic rings. The first-order valence-electron chi connectivity index (χ1n) is 9.34. The van der Waals surface area contributed by atoms with Crippen molar-refractivity contribution in [3.8, 4) is 0 Å². The number of anilines is 1. The van der Waals surface area contributed by atoms with Gasteiger partial charge in [-0.3, -0.25) is 19.4 Å². The molecule has 1 heterocycles. The van der Waals surface area contributed by atoms with Crippen molar-refractivity contribution >= 4 is 23.4 Å². The van der Waals surface area contributed by atoms with Crippen LogP contribution in [0.1, 0.15) is 81.7 Å². The van der Waals surface area contributed by atoms with Crippen LogP contribution in [0.25, 0.3) is 0 Å². The Labute approximate surface area is 164 Å². The summed E-state index contributed by atoms with van der Waals surface area (Å²) in [6.07, 6.45) is 0. The lowest BCUT2D eigenvalue weighted by atomic mass is 9.92. The smallest absolute Gasteiger partial charge is 0.268 e. The van der Waals surface area contributed by atoms with Gasteiger partial charge in [0, 0.05) is 7.05 Å². The summed E-state index contributed by atoms with van der Waals surface area (Å²) in [5.41, 5.74) is 2.94. The highest BCUT2D eigenvalue weighted by atomic mass is 16.2. The highest BCUT2D eigenvalue weighted by Gasteiger charge is 2.41. The number of amides is 3. The monoisotopic (exact) mass is 379 g/mol. The maximum Gasteiger partial charge on any atom is 0.268 e. The van der Waals surface area contributed by atoms with E-state index in [0.717, 1.165) is 16.1 Å². The number of hydrogen-bond acceptors (Lipinski definition) is 4. The lowest BCUT2D eigenvalue weighted by molar-refractivity contribution is 0.0788. The van der Waals surface area contributed by atoms with Gasteiger partial charge in [-0.2, -0.15) is 0 Å². The van der Waals surface area contributed by atoms with E-state index >= 15 is 0 Å². The van der Waals surface area contributed by atoms with Gasteiger partial charge in [0.25, 0.3) is 17.7 Å². The summed E-state index contributed by atoms with van der Waals surface area (Å²) in [4.78, 5) is 40.3. The minimum absolute atomic E-state index is 0.114. The molecule has 2 aromatic carbocycles. The SMILES string of the molecule is CC(C)c1cccc(C(C)C)c1N1C(=O)c2cccc(C(=O)N(C)N)c2C1=O. The third-order valence-electron chi connectivity index (χ3n) is 5.03. The van der Waals surface area contributed by atoms with Crippen LogP contribution in [0.15, 0.2) is 36.4 Å². The number of fused-ring (bicyclic) bond motifs is 1. The van der Waals surface area contributed by atoms with Crippen molar-refractivity contribution in [2.45, 2.75) is 39.5 Å². The van der Waals surface area contributed by atoms with Gasteiger partial charge in [0.15, 0.2) is 0 Å². The number of hydrogen-bond donors (Lipinski definition) is 1. The van der Waals surface area contributed by atoms with Crippen LogP contribution < -0.4 is 10.7 Å². The third kappa shape index (κ3) is 2.99.